The Morgan fingerprint density at radius 1 is 1.31 bits per heavy atom. The van der Waals surface area contributed by atoms with Gasteiger partial charge in [0.25, 0.3) is 0 Å². The second-order valence-corrected chi connectivity index (χ2v) is 3.74. The molecule has 0 aliphatic rings. The van der Waals surface area contributed by atoms with Crippen molar-refractivity contribution in [2.75, 3.05) is 0 Å². The third-order valence-electron chi connectivity index (χ3n) is 2.01. The Bertz CT molecular complexity index is 440. The van der Waals surface area contributed by atoms with Crippen LogP contribution in [-0.2, 0) is 6.54 Å². The van der Waals surface area contributed by atoms with E-state index in [1.807, 2.05) is 18.3 Å². The topological polar surface area (TPSA) is 38.9 Å². The number of pyridine rings is 1. The lowest BCUT2D eigenvalue weighted by atomic mass is 10.1. The van der Waals surface area contributed by atoms with Crippen LogP contribution in [0.4, 0.5) is 0 Å². The highest BCUT2D eigenvalue weighted by Gasteiger charge is 1.98. The van der Waals surface area contributed by atoms with Crippen molar-refractivity contribution in [3.63, 3.8) is 0 Å². The predicted octanol–water partition coefficient (Wildman–Crippen LogP) is 2.46. The molecule has 0 bridgehead atoms. The Hall–Kier alpha value is -0.930. The van der Waals surface area contributed by atoms with E-state index in [9.17, 15) is 0 Å². The smallest absolute Gasteiger partial charge is 0.0437 e. The van der Waals surface area contributed by atoms with E-state index in [2.05, 4.69) is 27.0 Å². The van der Waals surface area contributed by atoms with Gasteiger partial charge in [-0.3, -0.25) is 4.98 Å². The maximum Gasteiger partial charge on any atom is 0.0437 e. The van der Waals surface area contributed by atoms with Gasteiger partial charge in [0.15, 0.2) is 0 Å². The molecule has 2 aromatic rings. The third kappa shape index (κ3) is 1.57. The maximum absolute atomic E-state index is 5.56. The van der Waals surface area contributed by atoms with E-state index < -0.39 is 0 Å². The Morgan fingerprint density at radius 2 is 2.15 bits per heavy atom. The molecule has 0 aliphatic heterocycles. The zero-order chi connectivity index (χ0) is 9.26. The van der Waals surface area contributed by atoms with Crippen molar-refractivity contribution in [1.29, 1.82) is 0 Å². The SMILES string of the molecule is NCc1ccc2cncc(Br)c2c1. The van der Waals surface area contributed by atoms with Gasteiger partial charge in [-0.2, -0.15) is 0 Å². The van der Waals surface area contributed by atoms with Crippen molar-refractivity contribution in [2.45, 2.75) is 6.54 Å². The first-order chi connectivity index (χ1) is 6.31. The van der Waals surface area contributed by atoms with E-state index in [1.165, 1.54) is 0 Å². The van der Waals surface area contributed by atoms with E-state index in [-0.39, 0.29) is 0 Å². The van der Waals surface area contributed by atoms with E-state index >= 15 is 0 Å². The van der Waals surface area contributed by atoms with Gasteiger partial charge in [0.2, 0.25) is 0 Å². The Balaban J connectivity index is 2.74. The van der Waals surface area contributed by atoms with Crippen LogP contribution in [0.15, 0.2) is 35.1 Å². The van der Waals surface area contributed by atoms with Gasteiger partial charge in [0.05, 0.1) is 0 Å². The molecule has 1 heterocycles. The Morgan fingerprint density at radius 3 is 2.92 bits per heavy atom. The number of hydrogen-bond acceptors (Lipinski definition) is 2. The molecule has 0 saturated heterocycles. The van der Waals surface area contributed by atoms with Crippen molar-refractivity contribution in [1.82, 2.24) is 4.98 Å². The van der Waals surface area contributed by atoms with Crippen LogP contribution in [0.5, 0.6) is 0 Å². The quantitative estimate of drug-likeness (QED) is 0.827. The molecule has 0 amide bonds. The number of benzene rings is 1. The molecule has 0 unspecified atom stereocenters. The maximum atomic E-state index is 5.56. The van der Waals surface area contributed by atoms with Crippen LogP contribution in [0.2, 0.25) is 0 Å². The fourth-order valence-corrected chi connectivity index (χ4v) is 1.76. The first-order valence-corrected chi connectivity index (χ1v) is 4.83. The van der Waals surface area contributed by atoms with Gasteiger partial charge in [-0.1, -0.05) is 12.1 Å². The molecule has 0 atom stereocenters. The van der Waals surface area contributed by atoms with Gasteiger partial charge in [0, 0.05) is 28.8 Å². The van der Waals surface area contributed by atoms with Crippen LogP contribution < -0.4 is 5.73 Å². The number of fused-ring (bicyclic) bond motifs is 1. The fourth-order valence-electron chi connectivity index (χ4n) is 1.30. The number of nitrogens with two attached hydrogens (primary N) is 1. The number of hydrogen-bond donors (Lipinski definition) is 1. The van der Waals surface area contributed by atoms with E-state index in [4.69, 9.17) is 5.73 Å². The number of aromatic nitrogens is 1. The van der Waals surface area contributed by atoms with Crippen molar-refractivity contribution < 1.29 is 0 Å². The zero-order valence-corrected chi connectivity index (χ0v) is 8.58. The molecule has 0 aliphatic carbocycles. The van der Waals surface area contributed by atoms with Crippen LogP contribution in [0, 0.1) is 0 Å². The molecule has 1 aromatic heterocycles. The molecule has 0 fully saturated rings. The zero-order valence-electron chi connectivity index (χ0n) is 7.00. The van der Waals surface area contributed by atoms with Crippen LogP contribution in [0.1, 0.15) is 5.56 Å². The van der Waals surface area contributed by atoms with Crippen molar-refractivity contribution in [3.8, 4) is 0 Å². The summed E-state index contributed by atoms with van der Waals surface area (Å²) in [5.74, 6) is 0. The van der Waals surface area contributed by atoms with E-state index in [0.29, 0.717) is 6.54 Å². The van der Waals surface area contributed by atoms with Crippen LogP contribution >= 0.6 is 15.9 Å². The lowest BCUT2D eigenvalue weighted by molar-refractivity contribution is 1.07. The van der Waals surface area contributed by atoms with Crippen LogP contribution in [0.3, 0.4) is 0 Å². The minimum atomic E-state index is 0.574. The average Bonchev–Trinajstić information content (AvgIpc) is 2.18. The first kappa shape index (κ1) is 8.66. The Labute approximate surface area is 84.9 Å². The van der Waals surface area contributed by atoms with Gasteiger partial charge < -0.3 is 5.73 Å². The van der Waals surface area contributed by atoms with Gasteiger partial charge >= 0.3 is 0 Å². The van der Waals surface area contributed by atoms with Gasteiger partial charge in [-0.05, 0) is 32.9 Å². The molecule has 0 spiro atoms. The van der Waals surface area contributed by atoms with E-state index in [1.54, 1.807) is 6.20 Å². The lowest BCUT2D eigenvalue weighted by Gasteiger charge is -2.02. The first-order valence-electron chi connectivity index (χ1n) is 4.03. The number of nitrogens with zero attached hydrogens (tertiary/aromatic N) is 1. The molecule has 2 rings (SSSR count). The summed E-state index contributed by atoms with van der Waals surface area (Å²) in [5, 5.41) is 2.30. The molecule has 2 nitrogen and oxygen atoms in total. The molecule has 0 radical (unpaired) electrons. The second-order valence-electron chi connectivity index (χ2n) is 2.88. The molecule has 2 N–H and O–H groups in total. The highest BCUT2D eigenvalue weighted by Crippen LogP contribution is 2.23. The minimum absolute atomic E-state index is 0.574. The summed E-state index contributed by atoms with van der Waals surface area (Å²) in [7, 11) is 0. The molecular formula is C10H9BrN2. The summed E-state index contributed by atoms with van der Waals surface area (Å²) in [5.41, 5.74) is 6.70. The van der Waals surface area contributed by atoms with Gasteiger partial charge in [0.1, 0.15) is 0 Å². The summed E-state index contributed by atoms with van der Waals surface area (Å²) in [4.78, 5) is 4.09. The highest BCUT2D eigenvalue weighted by molar-refractivity contribution is 9.10. The summed E-state index contributed by atoms with van der Waals surface area (Å²) >= 11 is 3.46. The van der Waals surface area contributed by atoms with Gasteiger partial charge in [-0.25, -0.2) is 0 Å². The molecule has 0 saturated carbocycles. The monoisotopic (exact) mass is 236 g/mol. The van der Waals surface area contributed by atoms with Crippen LogP contribution in [0.25, 0.3) is 10.8 Å². The summed E-state index contributed by atoms with van der Waals surface area (Å²) in [6, 6.07) is 6.15. The molecule has 66 valence electrons. The lowest BCUT2D eigenvalue weighted by Crippen LogP contribution is -1.95. The third-order valence-corrected chi connectivity index (χ3v) is 2.64. The van der Waals surface area contributed by atoms with E-state index in [0.717, 1.165) is 20.8 Å². The summed E-state index contributed by atoms with van der Waals surface area (Å²) in [6.07, 6.45) is 3.64. The molecule has 13 heavy (non-hydrogen) atoms. The number of halogens is 1. The standard InChI is InChI=1S/C10H9BrN2/c11-10-6-13-5-8-2-1-7(4-12)3-9(8)10/h1-3,5-6H,4,12H2. The average molecular weight is 237 g/mol. The Kier molecular flexibility index (Phi) is 2.29. The normalized spacial score (nSPS) is 10.6. The van der Waals surface area contributed by atoms with Gasteiger partial charge in [-0.15, -0.1) is 0 Å². The van der Waals surface area contributed by atoms with Crippen molar-refractivity contribution >= 4 is 26.7 Å². The van der Waals surface area contributed by atoms with Crippen LogP contribution in [-0.4, -0.2) is 4.98 Å². The summed E-state index contributed by atoms with van der Waals surface area (Å²) in [6.45, 7) is 0.574. The molecule has 1 aromatic carbocycles. The molecule has 3 heteroatoms. The highest BCUT2D eigenvalue weighted by atomic mass is 79.9. The summed E-state index contributed by atoms with van der Waals surface area (Å²) < 4.78 is 1.01. The van der Waals surface area contributed by atoms with Crippen molar-refractivity contribution in [3.05, 3.63) is 40.6 Å². The fraction of sp³-hybridized carbons (Fsp3) is 0.100. The van der Waals surface area contributed by atoms with Crippen molar-refractivity contribution in [2.24, 2.45) is 5.73 Å². The molecular weight excluding hydrogens is 228 g/mol. The predicted molar refractivity (Wildman–Crippen MR) is 57.3 cm³/mol. The largest absolute Gasteiger partial charge is 0.326 e. The minimum Gasteiger partial charge on any atom is -0.326 e. The number of rotatable bonds is 1. The second kappa shape index (κ2) is 3.44.